The predicted molar refractivity (Wildman–Crippen MR) is 61.5 cm³/mol. The molecule has 0 aliphatic carbocycles. The fraction of sp³-hybridized carbons (Fsp3) is 0.500. The quantitative estimate of drug-likeness (QED) is 0.522. The molecule has 0 N–H and O–H groups in total. The van der Waals surface area contributed by atoms with Gasteiger partial charge in [-0.05, 0) is 6.92 Å². The van der Waals surface area contributed by atoms with E-state index in [9.17, 15) is 0 Å². The van der Waals surface area contributed by atoms with Gasteiger partial charge in [-0.2, -0.15) is 0 Å². The highest BCUT2D eigenvalue weighted by Gasteiger charge is 1.52. The third kappa shape index (κ3) is 60.1. The lowest BCUT2D eigenvalue weighted by Crippen LogP contribution is -1.43. The van der Waals surface area contributed by atoms with Crippen LogP contribution in [0.15, 0.2) is 37.0 Å². The van der Waals surface area contributed by atoms with Crippen molar-refractivity contribution < 1.29 is 0 Å². The molecule has 0 atom stereocenters. The van der Waals surface area contributed by atoms with E-state index >= 15 is 0 Å². The summed E-state index contributed by atoms with van der Waals surface area (Å²) in [4.78, 5) is 0. The number of rotatable bonds is 2. The van der Waals surface area contributed by atoms with Crippen LogP contribution in [0.1, 0.15) is 41.0 Å². The minimum Gasteiger partial charge on any atom is -0.0991 e. The molecule has 0 aromatic carbocycles. The monoisotopic (exact) mass is 168 g/mol. The van der Waals surface area contributed by atoms with E-state index in [0.717, 1.165) is 0 Å². The highest BCUT2D eigenvalue weighted by atomic mass is 13.6. The summed E-state index contributed by atoms with van der Waals surface area (Å²) < 4.78 is 0. The third-order valence-electron chi connectivity index (χ3n) is 0.551. The van der Waals surface area contributed by atoms with Crippen LogP contribution < -0.4 is 0 Å². The van der Waals surface area contributed by atoms with Gasteiger partial charge in [0.1, 0.15) is 0 Å². The van der Waals surface area contributed by atoms with Crippen LogP contribution in [0.4, 0.5) is 0 Å². The van der Waals surface area contributed by atoms with Crippen LogP contribution in [-0.2, 0) is 0 Å². The van der Waals surface area contributed by atoms with Crippen molar-refractivity contribution in [3.63, 3.8) is 0 Å². The van der Waals surface area contributed by atoms with Crippen LogP contribution in [0.2, 0.25) is 0 Å². The zero-order valence-electron chi connectivity index (χ0n) is 9.30. The van der Waals surface area contributed by atoms with Gasteiger partial charge in [0.05, 0.1) is 0 Å². The first kappa shape index (κ1) is 17.3. The predicted octanol–water partition coefficient (Wildman–Crippen LogP) is 4.75. The fourth-order valence-corrected chi connectivity index (χ4v) is 0.254. The normalized spacial score (nSPS) is 8.42. The van der Waals surface area contributed by atoms with Gasteiger partial charge in [0, 0.05) is 0 Å². The zero-order valence-corrected chi connectivity index (χ0v) is 9.30. The summed E-state index contributed by atoms with van der Waals surface area (Å²) in [6, 6.07) is 0. The molecule has 0 aromatic rings. The van der Waals surface area contributed by atoms with Gasteiger partial charge >= 0.3 is 0 Å². The fourth-order valence-electron chi connectivity index (χ4n) is 0.254. The summed E-state index contributed by atoms with van der Waals surface area (Å²) in [7, 11) is 0. The summed E-state index contributed by atoms with van der Waals surface area (Å²) >= 11 is 0. The Morgan fingerprint density at radius 1 is 1.00 bits per heavy atom. The molecule has 0 amide bonds. The van der Waals surface area contributed by atoms with Crippen LogP contribution in [0.3, 0.4) is 0 Å². The molecule has 0 heterocycles. The Hall–Kier alpha value is -0.780. The summed E-state index contributed by atoms with van der Waals surface area (Å²) in [5, 5.41) is 0. The summed E-state index contributed by atoms with van der Waals surface area (Å²) in [6.45, 7) is 13.7. The minimum atomic E-state index is 1.25. The van der Waals surface area contributed by atoms with Gasteiger partial charge in [0.25, 0.3) is 0 Å². The van der Waals surface area contributed by atoms with Crippen molar-refractivity contribution in [3.8, 4) is 0 Å². The Bertz CT molecular complexity index is 96.6. The molecule has 0 bridgehead atoms. The van der Waals surface area contributed by atoms with Crippen LogP contribution >= 0.6 is 0 Å². The highest BCUT2D eigenvalue weighted by Crippen LogP contribution is 1.74. The van der Waals surface area contributed by atoms with Crippen LogP contribution in [0.5, 0.6) is 0 Å². The Labute approximate surface area is 78.7 Å². The first-order valence-electron chi connectivity index (χ1n) is 4.73. The zero-order chi connectivity index (χ0) is 10.2. The van der Waals surface area contributed by atoms with Crippen LogP contribution in [0, 0.1) is 0 Å². The summed E-state index contributed by atoms with van der Waals surface area (Å²) in [5.74, 6) is 0. The maximum atomic E-state index is 3.51. The molecule has 0 nitrogen and oxygen atoms in total. The number of hydrogen-bond acceptors (Lipinski definition) is 0. The summed E-state index contributed by atoms with van der Waals surface area (Å²) in [5.41, 5.74) is 0. The Morgan fingerprint density at radius 2 is 1.42 bits per heavy atom. The van der Waals surface area contributed by atoms with E-state index in [4.69, 9.17) is 0 Å². The second-order valence-electron chi connectivity index (χ2n) is 1.85. The third-order valence-corrected chi connectivity index (χ3v) is 0.551. The molecule has 72 valence electrons. The van der Waals surface area contributed by atoms with E-state index < -0.39 is 0 Å². The molecule has 0 saturated carbocycles. The number of hydrogen-bond donors (Lipinski definition) is 0. The van der Waals surface area contributed by atoms with Gasteiger partial charge in [-0.3, -0.25) is 0 Å². The van der Waals surface area contributed by atoms with Gasteiger partial charge in [-0.1, -0.05) is 71.1 Å². The smallest absolute Gasteiger partial charge is 0.0467 e. The van der Waals surface area contributed by atoms with Gasteiger partial charge in [-0.25, -0.2) is 0 Å². The van der Waals surface area contributed by atoms with Gasteiger partial charge < -0.3 is 0 Å². The van der Waals surface area contributed by atoms with E-state index in [1.165, 1.54) is 6.42 Å². The van der Waals surface area contributed by atoms with Gasteiger partial charge in [-0.15, -0.1) is 0 Å². The SMILES string of the molecule is C=C/C=C\C=C\C.CC.CCC. The molecule has 0 radical (unpaired) electrons. The van der Waals surface area contributed by atoms with E-state index in [-0.39, 0.29) is 0 Å². The lowest BCUT2D eigenvalue weighted by atomic mass is 10.4. The maximum Gasteiger partial charge on any atom is -0.0467 e. The molecule has 0 aliphatic heterocycles. The summed E-state index contributed by atoms with van der Waals surface area (Å²) in [6.07, 6.45) is 10.8. The standard InChI is InChI=1S/C7H10.C3H8.C2H6/c1-3-5-7-6-4-2;1-3-2;1-2/h3-7H,1H2,2H3;3H2,1-2H3;1-2H3/b6-4+,7-5-;;. The van der Waals surface area contributed by atoms with Crippen LogP contribution in [0.25, 0.3) is 0 Å². The van der Waals surface area contributed by atoms with E-state index in [0.29, 0.717) is 0 Å². The lowest BCUT2D eigenvalue weighted by Gasteiger charge is -1.65. The minimum absolute atomic E-state index is 1.25. The lowest BCUT2D eigenvalue weighted by molar-refractivity contribution is 1.09. The van der Waals surface area contributed by atoms with Crippen LogP contribution in [-0.4, -0.2) is 0 Å². The van der Waals surface area contributed by atoms with E-state index in [1.807, 2.05) is 45.1 Å². The molecular weight excluding hydrogens is 144 g/mol. The van der Waals surface area contributed by atoms with Crippen molar-refractivity contribution in [2.75, 3.05) is 0 Å². The molecule has 0 saturated heterocycles. The molecule has 0 rings (SSSR count). The first-order chi connectivity index (χ1) is 5.83. The van der Waals surface area contributed by atoms with Crippen molar-refractivity contribution in [2.45, 2.75) is 41.0 Å². The van der Waals surface area contributed by atoms with Crippen molar-refractivity contribution >= 4 is 0 Å². The van der Waals surface area contributed by atoms with E-state index in [2.05, 4.69) is 20.4 Å². The average molecular weight is 168 g/mol. The molecular formula is C12H24. The van der Waals surface area contributed by atoms with Crippen molar-refractivity contribution in [3.05, 3.63) is 37.0 Å². The molecule has 0 spiro atoms. The Balaban J connectivity index is -0.000000137. The van der Waals surface area contributed by atoms with Gasteiger partial charge in [0.2, 0.25) is 0 Å². The Kier molecular flexibility index (Phi) is 46.1. The van der Waals surface area contributed by atoms with Crippen molar-refractivity contribution in [1.29, 1.82) is 0 Å². The molecule has 0 heteroatoms. The second-order valence-corrected chi connectivity index (χ2v) is 1.85. The Morgan fingerprint density at radius 3 is 1.67 bits per heavy atom. The molecule has 0 aromatic heterocycles. The van der Waals surface area contributed by atoms with Gasteiger partial charge in [0.15, 0.2) is 0 Å². The maximum absolute atomic E-state index is 3.51. The molecule has 12 heavy (non-hydrogen) atoms. The largest absolute Gasteiger partial charge is 0.0991 e. The second kappa shape index (κ2) is 31.9. The molecule has 0 unspecified atom stereocenters. The molecule has 0 fully saturated rings. The van der Waals surface area contributed by atoms with E-state index in [1.54, 1.807) is 6.08 Å². The average Bonchev–Trinajstić information content (AvgIpc) is 2.11. The van der Waals surface area contributed by atoms with Crippen molar-refractivity contribution in [2.24, 2.45) is 0 Å². The number of allylic oxidation sites excluding steroid dienone is 5. The first-order valence-corrected chi connectivity index (χ1v) is 4.73. The molecule has 0 aliphatic rings. The van der Waals surface area contributed by atoms with Crippen molar-refractivity contribution in [1.82, 2.24) is 0 Å². The highest BCUT2D eigenvalue weighted by molar-refractivity contribution is 5.07. The topological polar surface area (TPSA) is 0 Å².